The Morgan fingerprint density at radius 1 is 1.04 bits per heavy atom. The predicted molar refractivity (Wildman–Crippen MR) is 99.6 cm³/mol. The Morgan fingerprint density at radius 3 is 2.46 bits per heavy atom. The van der Waals surface area contributed by atoms with Crippen LogP contribution in [0.3, 0.4) is 0 Å². The molecule has 26 heavy (non-hydrogen) atoms. The average Bonchev–Trinajstić information content (AvgIpc) is 3.20. The number of rotatable bonds is 4. The molecule has 4 rings (SSSR count). The number of ether oxygens (including phenoxy) is 1. The molecule has 3 aromatic rings. The molecule has 2 N–H and O–H groups in total. The fraction of sp³-hybridized carbons (Fsp3) is 0.333. The van der Waals surface area contributed by atoms with Crippen LogP contribution in [-0.4, -0.2) is 23.4 Å². The lowest BCUT2D eigenvalue weighted by Gasteiger charge is -2.35. The molecule has 5 nitrogen and oxygen atoms in total. The van der Waals surface area contributed by atoms with Gasteiger partial charge < -0.3 is 15.0 Å². The minimum atomic E-state index is -0.286. The third-order valence-electron chi connectivity index (χ3n) is 5.29. The van der Waals surface area contributed by atoms with Crippen LogP contribution in [0, 0.1) is 6.92 Å². The molecule has 0 spiro atoms. The maximum Gasteiger partial charge on any atom is 0.237 e. The number of benzene rings is 2. The number of hydrogen-bond donors (Lipinski definition) is 1. The standard InChI is InChI=1S/C21H23N3O2/c1-15-4-2-3-5-18(15)21(10-12-25-13-11-21)20-23-19(24-26-20)17-8-6-16(14-22)7-9-17/h2-9H,10-14,22H2,1H3. The van der Waals surface area contributed by atoms with Gasteiger partial charge in [-0.15, -0.1) is 0 Å². The van der Waals surface area contributed by atoms with Gasteiger partial charge >= 0.3 is 0 Å². The van der Waals surface area contributed by atoms with Crippen molar-refractivity contribution in [3.05, 3.63) is 71.1 Å². The van der Waals surface area contributed by atoms with Crippen molar-refractivity contribution in [3.63, 3.8) is 0 Å². The van der Waals surface area contributed by atoms with Crippen LogP contribution in [0.1, 0.15) is 35.4 Å². The summed E-state index contributed by atoms with van der Waals surface area (Å²) in [7, 11) is 0. The molecule has 0 unspecified atom stereocenters. The molecule has 1 aliphatic rings. The Labute approximate surface area is 153 Å². The summed E-state index contributed by atoms with van der Waals surface area (Å²) in [5, 5.41) is 4.26. The van der Waals surface area contributed by atoms with E-state index in [1.165, 1.54) is 11.1 Å². The van der Waals surface area contributed by atoms with Crippen LogP contribution in [0.2, 0.25) is 0 Å². The summed E-state index contributed by atoms with van der Waals surface area (Å²) in [4.78, 5) is 4.78. The van der Waals surface area contributed by atoms with Gasteiger partial charge in [-0.3, -0.25) is 0 Å². The lowest BCUT2D eigenvalue weighted by molar-refractivity contribution is 0.0521. The van der Waals surface area contributed by atoms with Gasteiger partial charge in [0, 0.05) is 25.3 Å². The van der Waals surface area contributed by atoms with Crippen molar-refractivity contribution in [2.75, 3.05) is 13.2 Å². The summed E-state index contributed by atoms with van der Waals surface area (Å²) in [5.41, 5.74) is 9.89. The highest BCUT2D eigenvalue weighted by atomic mass is 16.5. The zero-order valence-corrected chi connectivity index (χ0v) is 14.9. The van der Waals surface area contributed by atoms with Crippen molar-refractivity contribution in [1.29, 1.82) is 0 Å². The summed E-state index contributed by atoms with van der Waals surface area (Å²) < 4.78 is 11.4. The summed E-state index contributed by atoms with van der Waals surface area (Å²) >= 11 is 0. The first-order valence-corrected chi connectivity index (χ1v) is 9.00. The van der Waals surface area contributed by atoms with E-state index in [1.54, 1.807) is 0 Å². The summed E-state index contributed by atoms with van der Waals surface area (Å²) in [6.45, 7) is 4.04. The molecule has 0 aliphatic carbocycles. The van der Waals surface area contributed by atoms with E-state index >= 15 is 0 Å². The SMILES string of the molecule is Cc1ccccc1C1(c2nc(-c3ccc(CN)cc3)no2)CCOCC1. The maximum atomic E-state index is 5.79. The molecular weight excluding hydrogens is 326 g/mol. The molecule has 0 saturated carbocycles. The van der Waals surface area contributed by atoms with Gasteiger partial charge in [-0.25, -0.2) is 0 Å². The topological polar surface area (TPSA) is 74.2 Å². The predicted octanol–water partition coefficient (Wildman–Crippen LogP) is 3.60. The van der Waals surface area contributed by atoms with Crippen LogP contribution < -0.4 is 5.73 Å². The minimum absolute atomic E-state index is 0.286. The Morgan fingerprint density at radius 2 is 1.77 bits per heavy atom. The van der Waals surface area contributed by atoms with E-state index in [2.05, 4.69) is 36.3 Å². The second-order valence-corrected chi connectivity index (χ2v) is 6.83. The average molecular weight is 349 g/mol. The Hall–Kier alpha value is -2.50. The van der Waals surface area contributed by atoms with Gasteiger partial charge in [0.25, 0.3) is 0 Å². The fourth-order valence-corrected chi connectivity index (χ4v) is 3.75. The quantitative estimate of drug-likeness (QED) is 0.779. The molecule has 2 heterocycles. The van der Waals surface area contributed by atoms with Crippen molar-refractivity contribution in [2.45, 2.75) is 31.7 Å². The van der Waals surface area contributed by atoms with E-state index in [0.717, 1.165) is 24.0 Å². The molecule has 1 aromatic heterocycles. The smallest absolute Gasteiger partial charge is 0.237 e. The molecule has 0 radical (unpaired) electrons. The normalized spacial score (nSPS) is 16.5. The lowest BCUT2D eigenvalue weighted by Crippen LogP contribution is -2.36. The molecule has 5 heteroatoms. The van der Waals surface area contributed by atoms with E-state index < -0.39 is 0 Å². The van der Waals surface area contributed by atoms with Gasteiger partial charge in [-0.2, -0.15) is 4.98 Å². The van der Waals surface area contributed by atoms with Crippen molar-refractivity contribution >= 4 is 0 Å². The van der Waals surface area contributed by atoms with Crippen LogP contribution in [0.15, 0.2) is 53.1 Å². The van der Waals surface area contributed by atoms with Gasteiger partial charge in [-0.05, 0) is 36.5 Å². The van der Waals surface area contributed by atoms with E-state index in [9.17, 15) is 0 Å². The van der Waals surface area contributed by atoms with Crippen LogP contribution in [-0.2, 0) is 16.7 Å². The highest BCUT2D eigenvalue weighted by Crippen LogP contribution is 2.42. The van der Waals surface area contributed by atoms with Gasteiger partial charge in [0.05, 0.1) is 5.41 Å². The first kappa shape index (κ1) is 16.9. The van der Waals surface area contributed by atoms with E-state index in [4.69, 9.17) is 20.0 Å². The van der Waals surface area contributed by atoms with E-state index in [0.29, 0.717) is 31.5 Å². The third-order valence-corrected chi connectivity index (χ3v) is 5.29. The maximum absolute atomic E-state index is 5.79. The van der Waals surface area contributed by atoms with Crippen molar-refractivity contribution in [2.24, 2.45) is 5.73 Å². The van der Waals surface area contributed by atoms with Crippen LogP contribution in [0.25, 0.3) is 11.4 Å². The zero-order chi connectivity index (χ0) is 18.0. The fourth-order valence-electron chi connectivity index (χ4n) is 3.75. The van der Waals surface area contributed by atoms with Gasteiger partial charge in [0.2, 0.25) is 11.7 Å². The van der Waals surface area contributed by atoms with Crippen LogP contribution in [0.4, 0.5) is 0 Å². The first-order chi connectivity index (χ1) is 12.7. The molecule has 1 saturated heterocycles. The molecule has 0 bridgehead atoms. The van der Waals surface area contributed by atoms with Crippen molar-refractivity contribution < 1.29 is 9.26 Å². The number of aromatic nitrogens is 2. The second kappa shape index (κ2) is 7.02. The van der Waals surface area contributed by atoms with E-state index in [-0.39, 0.29) is 5.41 Å². The summed E-state index contributed by atoms with van der Waals surface area (Å²) in [5.74, 6) is 1.29. The molecule has 0 amide bonds. The van der Waals surface area contributed by atoms with E-state index in [1.807, 2.05) is 24.3 Å². The highest BCUT2D eigenvalue weighted by Gasteiger charge is 2.42. The molecule has 0 atom stereocenters. The molecule has 1 fully saturated rings. The van der Waals surface area contributed by atoms with Gasteiger partial charge in [0.1, 0.15) is 0 Å². The van der Waals surface area contributed by atoms with Gasteiger partial charge in [0.15, 0.2) is 0 Å². The molecule has 134 valence electrons. The monoisotopic (exact) mass is 349 g/mol. The highest BCUT2D eigenvalue weighted by molar-refractivity contribution is 5.55. The number of nitrogens with zero attached hydrogens (tertiary/aromatic N) is 2. The first-order valence-electron chi connectivity index (χ1n) is 9.00. The second-order valence-electron chi connectivity index (χ2n) is 6.83. The largest absolute Gasteiger partial charge is 0.381 e. The zero-order valence-electron chi connectivity index (χ0n) is 14.9. The summed E-state index contributed by atoms with van der Waals surface area (Å²) in [6, 6.07) is 16.4. The minimum Gasteiger partial charge on any atom is -0.381 e. The molecular formula is C21H23N3O2. The molecule has 1 aliphatic heterocycles. The Kier molecular flexibility index (Phi) is 4.57. The number of nitrogens with two attached hydrogens (primary N) is 1. The van der Waals surface area contributed by atoms with Gasteiger partial charge in [-0.1, -0.05) is 53.7 Å². The van der Waals surface area contributed by atoms with Crippen molar-refractivity contribution in [1.82, 2.24) is 10.1 Å². The van der Waals surface area contributed by atoms with Crippen LogP contribution in [0.5, 0.6) is 0 Å². The van der Waals surface area contributed by atoms with Crippen LogP contribution >= 0.6 is 0 Å². The molecule has 2 aromatic carbocycles. The Balaban J connectivity index is 1.75. The number of hydrogen-bond acceptors (Lipinski definition) is 5. The lowest BCUT2D eigenvalue weighted by atomic mass is 9.72. The third kappa shape index (κ3) is 2.93. The summed E-state index contributed by atoms with van der Waals surface area (Å²) in [6.07, 6.45) is 1.68. The number of aryl methyl sites for hydroxylation is 1. The van der Waals surface area contributed by atoms with Crippen molar-refractivity contribution in [3.8, 4) is 11.4 Å². The Bertz CT molecular complexity index is 880.